The minimum absolute atomic E-state index is 0.00758. The average Bonchev–Trinajstić information content (AvgIpc) is 2.73. The van der Waals surface area contributed by atoms with Crippen LogP contribution in [0.25, 0.3) is 6.08 Å². The minimum Gasteiger partial charge on any atom is -0.481 e. The van der Waals surface area contributed by atoms with E-state index in [1.165, 1.54) is 24.3 Å². The number of ketones is 1. The minimum atomic E-state index is -1.06. The average molecular weight is 304 g/mol. The van der Waals surface area contributed by atoms with Crippen LogP contribution in [0.15, 0.2) is 29.8 Å². The summed E-state index contributed by atoms with van der Waals surface area (Å²) in [4.78, 5) is 45.4. The lowest BCUT2D eigenvalue weighted by molar-refractivity contribution is -0.384. The van der Waals surface area contributed by atoms with Gasteiger partial charge in [0.15, 0.2) is 0 Å². The summed E-state index contributed by atoms with van der Waals surface area (Å²) in [5, 5.41) is 19.3. The Bertz CT molecular complexity index is 694. The molecule has 1 fully saturated rings. The van der Waals surface area contributed by atoms with Crippen molar-refractivity contribution < 1.29 is 24.4 Å². The Balaban J connectivity index is 2.20. The number of carbonyl (C=O) groups is 3. The first-order chi connectivity index (χ1) is 10.4. The standard InChI is InChI=1S/C14H12N2O6/c17-12(18)4-5-15-8-10(13(19)14(15)20)6-9-2-1-3-11(7-9)16(21)22/h1-3,6-7H,4-5,8H2,(H,17,18)/b10-6+. The largest absolute Gasteiger partial charge is 0.481 e. The molecule has 1 heterocycles. The summed E-state index contributed by atoms with van der Waals surface area (Å²) in [6.07, 6.45) is 1.16. The van der Waals surface area contributed by atoms with Gasteiger partial charge in [-0.3, -0.25) is 24.5 Å². The topological polar surface area (TPSA) is 118 Å². The second kappa shape index (κ2) is 6.17. The summed E-state index contributed by atoms with van der Waals surface area (Å²) in [6.45, 7) is -0.0418. The third-order valence-electron chi connectivity index (χ3n) is 3.15. The third-order valence-corrected chi connectivity index (χ3v) is 3.15. The van der Waals surface area contributed by atoms with Crippen LogP contribution in [0.4, 0.5) is 5.69 Å². The fraction of sp³-hybridized carbons (Fsp3) is 0.214. The van der Waals surface area contributed by atoms with Gasteiger partial charge in [0.1, 0.15) is 0 Å². The number of carboxylic acids is 1. The van der Waals surface area contributed by atoms with Gasteiger partial charge in [-0.1, -0.05) is 12.1 Å². The van der Waals surface area contributed by atoms with Gasteiger partial charge in [-0.15, -0.1) is 0 Å². The first-order valence-electron chi connectivity index (χ1n) is 6.39. The van der Waals surface area contributed by atoms with E-state index in [0.29, 0.717) is 5.56 Å². The van der Waals surface area contributed by atoms with Crippen molar-refractivity contribution in [2.75, 3.05) is 13.1 Å². The van der Waals surface area contributed by atoms with E-state index in [2.05, 4.69) is 0 Å². The second-order valence-electron chi connectivity index (χ2n) is 4.72. The Morgan fingerprint density at radius 1 is 1.41 bits per heavy atom. The summed E-state index contributed by atoms with van der Waals surface area (Å²) >= 11 is 0. The molecular formula is C14H12N2O6. The number of benzene rings is 1. The fourth-order valence-corrected chi connectivity index (χ4v) is 2.08. The van der Waals surface area contributed by atoms with Crippen molar-refractivity contribution in [3.8, 4) is 0 Å². The first kappa shape index (κ1) is 15.4. The third kappa shape index (κ3) is 3.35. The maximum absolute atomic E-state index is 11.8. The van der Waals surface area contributed by atoms with Gasteiger partial charge in [-0.2, -0.15) is 0 Å². The van der Waals surface area contributed by atoms with Crippen LogP contribution in [-0.2, 0) is 14.4 Å². The van der Waals surface area contributed by atoms with Crippen LogP contribution < -0.4 is 0 Å². The van der Waals surface area contributed by atoms with Crippen molar-refractivity contribution in [1.29, 1.82) is 0 Å². The smallest absolute Gasteiger partial charge is 0.305 e. The zero-order chi connectivity index (χ0) is 16.3. The molecule has 1 amide bonds. The quantitative estimate of drug-likeness (QED) is 0.373. The summed E-state index contributed by atoms with van der Waals surface area (Å²) in [5.41, 5.74) is 0.509. The molecule has 0 saturated carbocycles. The van der Waals surface area contributed by atoms with Crippen LogP contribution in [0.3, 0.4) is 0 Å². The maximum Gasteiger partial charge on any atom is 0.305 e. The van der Waals surface area contributed by atoms with E-state index in [0.717, 1.165) is 4.90 Å². The van der Waals surface area contributed by atoms with Gasteiger partial charge >= 0.3 is 5.97 Å². The molecular weight excluding hydrogens is 292 g/mol. The van der Waals surface area contributed by atoms with Crippen molar-refractivity contribution in [2.24, 2.45) is 0 Å². The predicted octanol–water partition coefficient (Wildman–Crippen LogP) is 0.864. The Labute approximate surface area is 124 Å². The SMILES string of the molecule is O=C(O)CCN1C/C(=C\c2cccc([N+](=O)[O-])c2)C(=O)C1=O. The highest BCUT2D eigenvalue weighted by atomic mass is 16.6. The number of carbonyl (C=O) groups excluding carboxylic acids is 2. The fourth-order valence-electron chi connectivity index (χ4n) is 2.08. The van der Waals surface area contributed by atoms with Crippen LogP contribution in [0, 0.1) is 10.1 Å². The molecule has 0 bridgehead atoms. The van der Waals surface area contributed by atoms with Gasteiger partial charge in [-0.05, 0) is 11.6 Å². The molecule has 22 heavy (non-hydrogen) atoms. The highest BCUT2D eigenvalue weighted by Gasteiger charge is 2.33. The molecule has 8 nitrogen and oxygen atoms in total. The number of nitrogens with zero attached hydrogens (tertiary/aromatic N) is 2. The molecule has 1 saturated heterocycles. The van der Waals surface area contributed by atoms with Crippen molar-refractivity contribution in [1.82, 2.24) is 4.90 Å². The number of nitro benzene ring substituents is 1. The monoisotopic (exact) mass is 304 g/mol. The Morgan fingerprint density at radius 3 is 2.77 bits per heavy atom. The first-order valence-corrected chi connectivity index (χ1v) is 6.39. The maximum atomic E-state index is 11.8. The number of nitro groups is 1. The number of Topliss-reactive ketones (excluding diaryl/α,β-unsaturated/α-hetero) is 1. The summed E-state index contributed by atoms with van der Waals surface area (Å²) in [7, 11) is 0. The zero-order valence-corrected chi connectivity index (χ0v) is 11.4. The number of amides is 1. The molecule has 0 aromatic heterocycles. The van der Waals surface area contributed by atoms with Crippen LogP contribution in [0.2, 0.25) is 0 Å². The van der Waals surface area contributed by atoms with Crippen LogP contribution in [0.1, 0.15) is 12.0 Å². The molecule has 0 spiro atoms. The highest BCUT2D eigenvalue weighted by Crippen LogP contribution is 2.20. The van der Waals surface area contributed by atoms with Gasteiger partial charge in [0.2, 0.25) is 5.78 Å². The highest BCUT2D eigenvalue weighted by molar-refractivity contribution is 6.46. The van der Waals surface area contributed by atoms with Crippen LogP contribution in [-0.4, -0.2) is 45.7 Å². The van der Waals surface area contributed by atoms with E-state index >= 15 is 0 Å². The molecule has 1 aliphatic heterocycles. The van der Waals surface area contributed by atoms with E-state index in [9.17, 15) is 24.5 Å². The molecule has 0 radical (unpaired) electrons. The Kier molecular flexibility index (Phi) is 4.31. The number of rotatable bonds is 5. The van der Waals surface area contributed by atoms with Crippen molar-refractivity contribution in [3.63, 3.8) is 0 Å². The number of non-ortho nitro benzene ring substituents is 1. The lowest BCUT2D eigenvalue weighted by atomic mass is 10.1. The van der Waals surface area contributed by atoms with Gasteiger partial charge in [-0.25, -0.2) is 0 Å². The molecule has 1 aromatic rings. The molecule has 2 rings (SSSR count). The van der Waals surface area contributed by atoms with Gasteiger partial charge in [0, 0.05) is 24.3 Å². The summed E-state index contributed by atoms with van der Waals surface area (Å²) < 4.78 is 0. The van der Waals surface area contributed by atoms with Crippen LogP contribution in [0.5, 0.6) is 0 Å². The van der Waals surface area contributed by atoms with E-state index in [1.54, 1.807) is 6.07 Å². The zero-order valence-electron chi connectivity index (χ0n) is 11.4. The predicted molar refractivity (Wildman–Crippen MR) is 74.9 cm³/mol. The van der Waals surface area contributed by atoms with E-state index in [4.69, 9.17) is 5.11 Å². The number of carboxylic acid groups (broad SMARTS) is 1. The molecule has 114 valence electrons. The number of hydrogen-bond acceptors (Lipinski definition) is 5. The van der Waals surface area contributed by atoms with Gasteiger partial charge < -0.3 is 10.0 Å². The molecule has 1 aliphatic rings. The van der Waals surface area contributed by atoms with E-state index < -0.39 is 22.6 Å². The van der Waals surface area contributed by atoms with E-state index in [-0.39, 0.29) is 30.8 Å². The molecule has 1 N–H and O–H groups in total. The van der Waals surface area contributed by atoms with Crippen LogP contribution >= 0.6 is 0 Å². The summed E-state index contributed by atoms with van der Waals surface area (Å²) in [5.74, 6) is -2.52. The summed E-state index contributed by atoms with van der Waals surface area (Å²) in [6, 6.07) is 5.68. The molecule has 0 atom stereocenters. The lowest BCUT2D eigenvalue weighted by Gasteiger charge is -2.11. The Hall–Kier alpha value is -3.03. The van der Waals surface area contributed by atoms with Crippen molar-refractivity contribution >= 4 is 29.4 Å². The number of aliphatic carboxylic acids is 1. The molecule has 1 aromatic carbocycles. The number of hydrogen-bond donors (Lipinski definition) is 1. The normalized spacial score (nSPS) is 16.4. The van der Waals surface area contributed by atoms with Crippen molar-refractivity contribution in [2.45, 2.75) is 6.42 Å². The molecule has 0 unspecified atom stereocenters. The Morgan fingerprint density at radius 2 is 2.14 bits per heavy atom. The van der Waals surface area contributed by atoms with Gasteiger partial charge in [0.05, 0.1) is 17.9 Å². The van der Waals surface area contributed by atoms with Gasteiger partial charge in [0.25, 0.3) is 11.6 Å². The van der Waals surface area contributed by atoms with Crippen molar-refractivity contribution in [3.05, 3.63) is 45.5 Å². The molecule has 8 heteroatoms. The second-order valence-corrected chi connectivity index (χ2v) is 4.72. The molecule has 0 aliphatic carbocycles. The van der Waals surface area contributed by atoms with E-state index in [1.807, 2.05) is 0 Å². The number of likely N-dealkylation sites (tertiary alicyclic amines) is 1. The lowest BCUT2D eigenvalue weighted by Crippen LogP contribution is -2.29.